The zero-order valence-electron chi connectivity index (χ0n) is 21.1. The Bertz CT molecular complexity index is 984. The molecule has 2 heterocycles. The summed E-state index contributed by atoms with van der Waals surface area (Å²) in [6.07, 6.45) is 7.19. The number of aryl methyl sites for hydroxylation is 1. The smallest absolute Gasteiger partial charge is 0.341 e. The van der Waals surface area contributed by atoms with Crippen molar-refractivity contribution >= 4 is 44.3 Å². The van der Waals surface area contributed by atoms with Gasteiger partial charge in [-0.15, -0.1) is 11.3 Å². The van der Waals surface area contributed by atoms with Gasteiger partial charge in [0.05, 0.1) is 5.56 Å². The van der Waals surface area contributed by atoms with Crippen LogP contribution in [-0.4, -0.2) is 37.2 Å². The average Bonchev–Trinajstić information content (AvgIpc) is 3.32. The molecule has 0 aromatic carbocycles. The Labute approximate surface area is 216 Å². The van der Waals surface area contributed by atoms with Gasteiger partial charge in [0.15, 0.2) is 0 Å². The summed E-state index contributed by atoms with van der Waals surface area (Å²) in [4.78, 5) is 27.1. The van der Waals surface area contributed by atoms with Crippen LogP contribution in [0.1, 0.15) is 87.5 Å². The number of thiophene rings is 1. The molecule has 1 aromatic heterocycles. The molecule has 0 saturated heterocycles. The third-order valence-corrected chi connectivity index (χ3v) is 7.79. The predicted octanol–water partition coefficient (Wildman–Crippen LogP) is 6.46. The summed E-state index contributed by atoms with van der Waals surface area (Å²) in [5.41, 5.74) is 4.90. The van der Waals surface area contributed by atoms with E-state index < -0.39 is 5.60 Å². The molecule has 0 saturated carbocycles. The molecule has 34 heavy (non-hydrogen) atoms. The maximum Gasteiger partial charge on any atom is 0.341 e. The maximum atomic E-state index is 13.0. The van der Waals surface area contributed by atoms with Crippen LogP contribution in [-0.2, 0) is 17.6 Å². The van der Waals surface area contributed by atoms with Gasteiger partial charge in [-0.3, -0.25) is 5.32 Å². The molecule has 1 aliphatic heterocycles. The van der Waals surface area contributed by atoms with Crippen LogP contribution in [0.25, 0.3) is 0 Å². The molecular formula is C26H38BrN3O3S. The summed E-state index contributed by atoms with van der Waals surface area (Å²) in [6.45, 7) is 12.1. The molecule has 188 valence electrons. The summed E-state index contributed by atoms with van der Waals surface area (Å²) in [5, 5.41) is 10.0. The SMILES string of the molecule is CCCCC1=C(/C(CNC(=O)Nc2sc3c(c2C(=O)OC(C)(C)C)CCC3)=C(\C)Br)CCNC1. The molecule has 3 rings (SSSR count). The van der Waals surface area contributed by atoms with Crippen molar-refractivity contribution in [2.24, 2.45) is 0 Å². The number of nitrogens with one attached hydrogen (secondary N) is 3. The van der Waals surface area contributed by atoms with Gasteiger partial charge in [0.2, 0.25) is 0 Å². The van der Waals surface area contributed by atoms with Crippen LogP contribution in [0.3, 0.4) is 0 Å². The normalized spacial score (nSPS) is 16.8. The summed E-state index contributed by atoms with van der Waals surface area (Å²) in [6, 6.07) is -0.305. The molecule has 0 radical (unpaired) electrons. The highest BCUT2D eigenvalue weighted by atomic mass is 79.9. The van der Waals surface area contributed by atoms with E-state index in [4.69, 9.17) is 4.74 Å². The van der Waals surface area contributed by atoms with Crippen molar-refractivity contribution in [3.63, 3.8) is 0 Å². The minimum Gasteiger partial charge on any atom is -0.456 e. The van der Waals surface area contributed by atoms with Crippen LogP contribution in [0, 0.1) is 0 Å². The molecule has 6 nitrogen and oxygen atoms in total. The van der Waals surface area contributed by atoms with Gasteiger partial charge in [-0.2, -0.15) is 0 Å². The molecule has 0 fully saturated rings. The third kappa shape index (κ3) is 6.95. The van der Waals surface area contributed by atoms with Gasteiger partial charge in [0.25, 0.3) is 0 Å². The van der Waals surface area contributed by atoms with Gasteiger partial charge in [-0.1, -0.05) is 34.8 Å². The summed E-state index contributed by atoms with van der Waals surface area (Å²) < 4.78 is 6.70. The number of ether oxygens (including phenoxy) is 1. The van der Waals surface area contributed by atoms with Crippen LogP contribution in [0.5, 0.6) is 0 Å². The number of urea groups is 1. The Kier molecular flexibility index (Phi) is 9.41. The number of unbranched alkanes of at least 4 members (excludes halogenated alkanes) is 1. The maximum absolute atomic E-state index is 13.0. The number of hydrogen-bond donors (Lipinski definition) is 3. The van der Waals surface area contributed by atoms with E-state index in [1.165, 1.54) is 33.8 Å². The number of amides is 2. The lowest BCUT2D eigenvalue weighted by Gasteiger charge is -2.25. The zero-order chi connectivity index (χ0) is 24.9. The Morgan fingerprint density at radius 2 is 1.97 bits per heavy atom. The molecule has 0 spiro atoms. The quantitative estimate of drug-likeness (QED) is 0.324. The highest BCUT2D eigenvalue weighted by molar-refractivity contribution is 9.11. The minimum atomic E-state index is -0.588. The number of rotatable bonds is 8. The molecule has 8 heteroatoms. The second kappa shape index (κ2) is 11.9. The fourth-order valence-electron chi connectivity index (χ4n) is 4.52. The minimum absolute atomic E-state index is 0.305. The number of carbonyl (C=O) groups excluding carboxylic acids is 2. The molecule has 1 aliphatic carbocycles. The van der Waals surface area contributed by atoms with Gasteiger partial charge in [0.1, 0.15) is 10.6 Å². The monoisotopic (exact) mass is 551 g/mol. The van der Waals surface area contributed by atoms with Crippen molar-refractivity contribution in [3.05, 3.63) is 37.2 Å². The fourth-order valence-corrected chi connectivity index (χ4v) is 6.17. The first kappa shape index (κ1) is 27.0. The van der Waals surface area contributed by atoms with Crippen molar-refractivity contribution < 1.29 is 14.3 Å². The Morgan fingerprint density at radius 3 is 2.65 bits per heavy atom. The van der Waals surface area contributed by atoms with Crippen LogP contribution >= 0.6 is 27.3 Å². The second-order valence-corrected chi connectivity index (χ2v) is 12.3. The molecule has 0 atom stereocenters. The van der Waals surface area contributed by atoms with E-state index in [2.05, 4.69) is 38.8 Å². The lowest BCUT2D eigenvalue weighted by atomic mass is 9.91. The van der Waals surface area contributed by atoms with Gasteiger partial charge in [-0.05, 0) is 94.0 Å². The van der Waals surface area contributed by atoms with Crippen molar-refractivity contribution in [3.8, 4) is 0 Å². The molecule has 1 aromatic rings. The Balaban J connectivity index is 1.74. The fraction of sp³-hybridized carbons (Fsp3) is 0.615. The van der Waals surface area contributed by atoms with Crippen LogP contribution < -0.4 is 16.0 Å². The number of hydrogen-bond acceptors (Lipinski definition) is 5. The lowest BCUT2D eigenvalue weighted by Crippen LogP contribution is -2.33. The van der Waals surface area contributed by atoms with Crippen molar-refractivity contribution in [2.45, 2.75) is 85.2 Å². The van der Waals surface area contributed by atoms with E-state index >= 15 is 0 Å². The number of allylic oxidation sites excluding steroid dienone is 1. The van der Waals surface area contributed by atoms with Crippen LogP contribution in [0.15, 0.2) is 21.2 Å². The molecule has 0 bridgehead atoms. The topological polar surface area (TPSA) is 79.5 Å². The van der Waals surface area contributed by atoms with E-state index in [1.54, 1.807) is 0 Å². The van der Waals surface area contributed by atoms with Gasteiger partial charge in [0, 0.05) is 18.0 Å². The first-order chi connectivity index (χ1) is 16.1. The van der Waals surface area contributed by atoms with Gasteiger partial charge < -0.3 is 15.4 Å². The molecule has 3 N–H and O–H groups in total. The van der Waals surface area contributed by atoms with E-state index in [9.17, 15) is 9.59 Å². The van der Waals surface area contributed by atoms with Crippen LogP contribution in [0.4, 0.5) is 9.80 Å². The van der Waals surface area contributed by atoms with Crippen LogP contribution in [0.2, 0.25) is 0 Å². The van der Waals surface area contributed by atoms with E-state index in [0.717, 1.165) is 67.2 Å². The molecule has 2 aliphatic rings. The summed E-state index contributed by atoms with van der Waals surface area (Å²) >= 11 is 5.17. The number of anilines is 1. The number of halogens is 1. The van der Waals surface area contributed by atoms with Crippen molar-refractivity contribution in [1.29, 1.82) is 0 Å². The number of esters is 1. The van der Waals surface area contributed by atoms with Crippen molar-refractivity contribution in [1.82, 2.24) is 10.6 Å². The summed E-state index contributed by atoms with van der Waals surface area (Å²) in [5.74, 6) is -0.362. The van der Waals surface area contributed by atoms with E-state index in [-0.39, 0.29) is 12.0 Å². The molecular weight excluding hydrogens is 514 g/mol. The van der Waals surface area contributed by atoms with Crippen molar-refractivity contribution in [2.75, 3.05) is 25.0 Å². The predicted molar refractivity (Wildman–Crippen MR) is 144 cm³/mol. The van der Waals surface area contributed by atoms with Gasteiger partial charge >= 0.3 is 12.0 Å². The molecule has 0 unspecified atom stereocenters. The summed E-state index contributed by atoms with van der Waals surface area (Å²) in [7, 11) is 0. The number of carbonyl (C=O) groups is 2. The average molecular weight is 553 g/mol. The first-order valence-electron chi connectivity index (χ1n) is 12.3. The molecule has 2 amide bonds. The third-order valence-electron chi connectivity index (χ3n) is 6.11. The Hall–Kier alpha value is -1.64. The van der Waals surface area contributed by atoms with Gasteiger partial charge in [-0.25, -0.2) is 9.59 Å². The zero-order valence-corrected chi connectivity index (χ0v) is 23.5. The Morgan fingerprint density at radius 1 is 1.21 bits per heavy atom. The highest BCUT2D eigenvalue weighted by Gasteiger charge is 2.30. The van der Waals surface area contributed by atoms with E-state index in [0.29, 0.717) is 17.1 Å². The highest BCUT2D eigenvalue weighted by Crippen LogP contribution is 2.40. The number of fused-ring (bicyclic) bond motifs is 1. The first-order valence-corrected chi connectivity index (χ1v) is 13.9. The largest absolute Gasteiger partial charge is 0.456 e. The standard InChI is InChI=1S/C26H38BrN3O3S/c1-6-7-9-17-14-28-13-12-18(17)20(16(2)27)15-29-25(32)30-23-22(24(31)33-26(3,4)5)19-10-8-11-21(19)34-23/h28H,6-15H2,1-5H3,(H2,29,30,32)/b20-16+. The lowest BCUT2D eigenvalue weighted by molar-refractivity contribution is 0.00702. The second-order valence-electron chi connectivity index (χ2n) is 10.00. The van der Waals surface area contributed by atoms with E-state index in [1.807, 2.05) is 27.7 Å².